The molecule has 118 valence electrons. The zero-order chi connectivity index (χ0) is 17.1. The van der Waals surface area contributed by atoms with Gasteiger partial charge in [-0.05, 0) is 18.6 Å². The molecule has 0 aliphatic carbocycles. The van der Waals surface area contributed by atoms with Crippen LogP contribution in [0.5, 0.6) is 0 Å². The Morgan fingerprint density at radius 3 is 2.70 bits per heavy atom. The largest absolute Gasteiger partial charge is 0.393 e. The number of allylic oxidation sites excluding steroid dienone is 3. The van der Waals surface area contributed by atoms with Crippen LogP contribution >= 0.6 is 0 Å². The highest BCUT2D eigenvalue weighted by atomic mass is 19.1. The number of carbonyl (C=O) groups excluding carboxylic acids is 1. The van der Waals surface area contributed by atoms with Gasteiger partial charge in [-0.3, -0.25) is 9.69 Å². The molecular weight excluding hydrogens is 297 g/mol. The number of nitrogens with one attached hydrogen (secondary N) is 1. The Bertz CT molecular complexity index is 794. The minimum atomic E-state index is -0.727. The second kappa shape index (κ2) is 6.23. The van der Waals surface area contributed by atoms with Crippen molar-refractivity contribution in [2.24, 2.45) is 5.73 Å². The monoisotopic (exact) mass is 313 g/mol. The molecule has 0 saturated carbocycles. The molecule has 1 aromatic heterocycles. The third-order valence-electron chi connectivity index (χ3n) is 3.50. The molecule has 0 bridgehead atoms. The predicted octanol–water partition coefficient (Wildman–Crippen LogP) is 2.29. The summed E-state index contributed by atoms with van der Waals surface area (Å²) < 4.78 is 13.8. The van der Waals surface area contributed by atoms with Crippen molar-refractivity contribution in [1.29, 1.82) is 5.26 Å². The van der Waals surface area contributed by atoms with Crippen LogP contribution in [-0.4, -0.2) is 15.8 Å². The van der Waals surface area contributed by atoms with Crippen LogP contribution < -0.4 is 11.5 Å². The van der Waals surface area contributed by atoms with Crippen LogP contribution in [-0.2, 0) is 4.79 Å². The molecule has 1 amide bonds. The molecule has 5 N–H and O–H groups in total. The molecule has 0 radical (unpaired) electrons. The molecule has 6 nitrogen and oxygen atoms in total. The molecule has 0 atom stereocenters. The fraction of sp³-hybridized carbons (Fsp3) is 0.125. The highest BCUT2D eigenvalue weighted by Crippen LogP contribution is 2.39. The fourth-order valence-corrected chi connectivity index (χ4v) is 2.41. The second-order valence-electron chi connectivity index (χ2n) is 4.84. The molecule has 2 heterocycles. The second-order valence-corrected chi connectivity index (χ2v) is 4.84. The highest BCUT2D eigenvalue weighted by Gasteiger charge is 2.39. The van der Waals surface area contributed by atoms with Gasteiger partial charge in [0.1, 0.15) is 17.3 Å². The van der Waals surface area contributed by atoms with Crippen LogP contribution in [0.2, 0.25) is 0 Å². The van der Waals surface area contributed by atoms with Gasteiger partial charge < -0.3 is 16.5 Å². The van der Waals surface area contributed by atoms with E-state index in [1.54, 1.807) is 12.3 Å². The Kier molecular flexibility index (Phi) is 4.37. The number of aromatic amines is 1. The van der Waals surface area contributed by atoms with Crippen molar-refractivity contribution in [2.75, 3.05) is 5.73 Å². The lowest BCUT2D eigenvalue weighted by Crippen LogP contribution is -2.44. The summed E-state index contributed by atoms with van der Waals surface area (Å²) >= 11 is 0. The number of nitriles is 1. The maximum absolute atomic E-state index is 13.8. The molecule has 23 heavy (non-hydrogen) atoms. The molecule has 1 aliphatic rings. The molecule has 1 aliphatic heterocycles. The van der Waals surface area contributed by atoms with E-state index in [-0.39, 0.29) is 29.8 Å². The molecule has 0 unspecified atom stereocenters. The summed E-state index contributed by atoms with van der Waals surface area (Å²) in [6.45, 7) is 6.90. The minimum Gasteiger partial charge on any atom is -0.393 e. The topological polar surface area (TPSA) is 112 Å². The van der Waals surface area contributed by atoms with Crippen molar-refractivity contribution in [2.45, 2.75) is 12.8 Å². The normalized spacial score (nSPS) is 15.0. The van der Waals surface area contributed by atoms with E-state index in [9.17, 15) is 9.18 Å². The van der Waals surface area contributed by atoms with Crippen molar-refractivity contribution < 1.29 is 9.18 Å². The van der Waals surface area contributed by atoms with Crippen LogP contribution in [0, 0.1) is 11.3 Å². The molecule has 0 fully saturated rings. The van der Waals surface area contributed by atoms with Crippen LogP contribution in [0.1, 0.15) is 18.4 Å². The first kappa shape index (κ1) is 16.1. The van der Waals surface area contributed by atoms with Crippen molar-refractivity contribution in [3.8, 4) is 6.07 Å². The summed E-state index contributed by atoms with van der Waals surface area (Å²) in [6.07, 6.45) is 3.13. The van der Waals surface area contributed by atoms with E-state index in [2.05, 4.69) is 18.1 Å². The number of hydrogen-bond acceptors (Lipinski definition) is 4. The van der Waals surface area contributed by atoms with Crippen LogP contribution in [0.3, 0.4) is 0 Å². The third kappa shape index (κ3) is 2.62. The van der Waals surface area contributed by atoms with Gasteiger partial charge >= 0.3 is 0 Å². The number of nitrogen functional groups attached to an aromatic ring is 1. The maximum Gasteiger partial charge on any atom is 0.281 e. The summed E-state index contributed by atoms with van der Waals surface area (Å²) in [7, 11) is 0. The summed E-state index contributed by atoms with van der Waals surface area (Å²) in [5.41, 5.74) is 12.9. The summed E-state index contributed by atoms with van der Waals surface area (Å²) in [5.74, 6) is -0.873. The fourth-order valence-electron chi connectivity index (χ4n) is 2.41. The minimum absolute atomic E-state index is 0.0275. The number of halogens is 1. The van der Waals surface area contributed by atoms with Gasteiger partial charge in [-0.2, -0.15) is 5.26 Å². The number of nitrogens with two attached hydrogens (primary N) is 2. The lowest BCUT2D eigenvalue weighted by atomic mass is 9.98. The summed E-state index contributed by atoms with van der Waals surface area (Å²) in [4.78, 5) is 16.2. The molecule has 7 heteroatoms. The maximum atomic E-state index is 13.8. The van der Waals surface area contributed by atoms with Gasteiger partial charge in [-0.25, -0.2) is 4.39 Å². The molecule has 0 saturated heterocycles. The van der Waals surface area contributed by atoms with Crippen LogP contribution in [0.15, 0.2) is 54.3 Å². The average molecular weight is 313 g/mol. The number of rotatable bonds is 6. The van der Waals surface area contributed by atoms with E-state index in [0.29, 0.717) is 17.1 Å². The SMILES string of the molecule is C=C/C(=C(/CCC#N)C(=C)F)N1C(=O)C(N)=C1c1cc[nH]c1N. The number of nitrogens with zero attached hydrogens (tertiary/aromatic N) is 2. The van der Waals surface area contributed by atoms with Crippen molar-refractivity contribution >= 4 is 17.4 Å². The molecular formula is C16H16FN5O. The van der Waals surface area contributed by atoms with E-state index < -0.39 is 11.7 Å². The van der Waals surface area contributed by atoms with E-state index in [4.69, 9.17) is 16.7 Å². The Balaban J connectivity index is 2.56. The molecule has 2 rings (SSSR count). The number of hydrogen-bond donors (Lipinski definition) is 3. The number of anilines is 1. The first-order chi connectivity index (χ1) is 10.9. The van der Waals surface area contributed by atoms with E-state index in [1.165, 1.54) is 11.0 Å². The van der Waals surface area contributed by atoms with E-state index in [1.807, 2.05) is 6.07 Å². The number of H-pyrrole nitrogens is 1. The smallest absolute Gasteiger partial charge is 0.281 e. The molecule has 0 aromatic carbocycles. The predicted molar refractivity (Wildman–Crippen MR) is 85.5 cm³/mol. The van der Waals surface area contributed by atoms with Crippen molar-refractivity contribution in [1.82, 2.24) is 9.88 Å². The zero-order valence-electron chi connectivity index (χ0n) is 12.4. The summed E-state index contributed by atoms with van der Waals surface area (Å²) in [6, 6.07) is 3.60. The first-order valence-corrected chi connectivity index (χ1v) is 6.78. The van der Waals surface area contributed by atoms with E-state index in [0.717, 1.165) is 0 Å². The van der Waals surface area contributed by atoms with Gasteiger partial charge in [0.25, 0.3) is 5.91 Å². The summed E-state index contributed by atoms with van der Waals surface area (Å²) in [5, 5.41) is 8.71. The quantitative estimate of drug-likeness (QED) is 0.699. The lowest BCUT2D eigenvalue weighted by Gasteiger charge is -2.36. The van der Waals surface area contributed by atoms with Gasteiger partial charge in [-0.1, -0.05) is 13.2 Å². The van der Waals surface area contributed by atoms with Gasteiger partial charge in [0.05, 0.1) is 17.5 Å². The van der Waals surface area contributed by atoms with E-state index >= 15 is 0 Å². The van der Waals surface area contributed by atoms with Crippen LogP contribution in [0.25, 0.3) is 5.70 Å². The Labute approximate surface area is 132 Å². The molecule has 1 aromatic rings. The Morgan fingerprint density at radius 1 is 1.52 bits per heavy atom. The van der Waals surface area contributed by atoms with Gasteiger partial charge in [-0.15, -0.1) is 0 Å². The van der Waals surface area contributed by atoms with Crippen molar-refractivity contribution in [3.63, 3.8) is 0 Å². The Hall–Kier alpha value is -3.27. The van der Waals surface area contributed by atoms with Gasteiger partial charge in [0, 0.05) is 23.8 Å². The van der Waals surface area contributed by atoms with Gasteiger partial charge in [0.15, 0.2) is 0 Å². The Morgan fingerprint density at radius 2 is 2.22 bits per heavy atom. The van der Waals surface area contributed by atoms with Crippen LogP contribution in [0.4, 0.5) is 10.2 Å². The number of carbonyl (C=O) groups is 1. The lowest BCUT2D eigenvalue weighted by molar-refractivity contribution is -0.124. The third-order valence-corrected chi connectivity index (χ3v) is 3.50. The van der Waals surface area contributed by atoms with Gasteiger partial charge in [0.2, 0.25) is 0 Å². The molecule has 0 spiro atoms. The standard InChI is InChI=1S/C16H16FN5O/c1-3-12(10(9(2)17)5-4-7-18)22-14(13(19)16(22)23)11-6-8-21-15(11)20/h3,6,8,21H,1-2,4-5,19-20H2/b12-10+. The zero-order valence-corrected chi connectivity index (χ0v) is 12.4. The first-order valence-electron chi connectivity index (χ1n) is 6.78. The highest BCUT2D eigenvalue weighted by molar-refractivity contribution is 6.15. The number of amides is 1. The number of aromatic nitrogens is 1. The van der Waals surface area contributed by atoms with Crippen molar-refractivity contribution in [3.05, 3.63) is 59.9 Å². The average Bonchev–Trinajstić information content (AvgIpc) is 2.94.